The third-order valence-electron chi connectivity index (χ3n) is 2.21. The summed E-state index contributed by atoms with van der Waals surface area (Å²) in [5.41, 5.74) is 7.01. The van der Waals surface area contributed by atoms with Gasteiger partial charge in [-0.3, -0.25) is 0 Å². The van der Waals surface area contributed by atoms with Crippen LogP contribution in [-0.2, 0) is 6.42 Å². The summed E-state index contributed by atoms with van der Waals surface area (Å²) in [5.74, 6) is 0.866. The third kappa shape index (κ3) is 5.33. The number of ether oxygens (including phenoxy) is 1. The van der Waals surface area contributed by atoms with Gasteiger partial charge in [-0.2, -0.15) is 0 Å². The molecule has 1 atom stereocenters. The molecule has 2 N–H and O–H groups in total. The molecular formula is C13H18BrNO. The molecule has 0 heterocycles. The van der Waals surface area contributed by atoms with E-state index in [0.717, 1.165) is 23.1 Å². The van der Waals surface area contributed by atoms with Crippen LogP contribution >= 0.6 is 15.9 Å². The lowest BCUT2D eigenvalue weighted by atomic mass is 10.1. The van der Waals surface area contributed by atoms with E-state index in [1.165, 1.54) is 5.56 Å². The molecule has 3 heteroatoms. The first-order chi connectivity index (χ1) is 7.58. The van der Waals surface area contributed by atoms with Crippen LogP contribution < -0.4 is 10.5 Å². The smallest absolute Gasteiger partial charge is 0.119 e. The molecule has 2 nitrogen and oxygen atoms in total. The normalized spacial score (nSPS) is 12.2. The number of hydrogen-bond donors (Lipinski definition) is 1. The Bertz CT molecular complexity index is 332. The molecule has 0 bridgehead atoms. The van der Waals surface area contributed by atoms with E-state index in [0.29, 0.717) is 6.61 Å². The number of hydrogen-bond acceptors (Lipinski definition) is 2. The van der Waals surface area contributed by atoms with Crippen LogP contribution in [0.2, 0.25) is 0 Å². The first-order valence-corrected chi connectivity index (χ1v) is 6.18. The van der Waals surface area contributed by atoms with E-state index in [-0.39, 0.29) is 6.04 Å². The highest BCUT2D eigenvalue weighted by atomic mass is 79.9. The maximum absolute atomic E-state index is 5.71. The summed E-state index contributed by atoms with van der Waals surface area (Å²) in [6.45, 7) is 6.24. The Morgan fingerprint density at radius 3 is 2.56 bits per heavy atom. The highest BCUT2D eigenvalue weighted by molar-refractivity contribution is 9.11. The molecule has 0 fully saturated rings. The molecule has 16 heavy (non-hydrogen) atoms. The number of rotatable bonds is 6. The molecule has 1 unspecified atom stereocenters. The van der Waals surface area contributed by atoms with Gasteiger partial charge in [0, 0.05) is 10.5 Å². The van der Waals surface area contributed by atoms with Gasteiger partial charge in [-0.1, -0.05) is 34.6 Å². The molecular weight excluding hydrogens is 266 g/mol. The average Bonchev–Trinajstić information content (AvgIpc) is 2.25. The van der Waals surface area contributed by atoms with E-state index in [9.17, 15) is 0 Å². The molecule has 0 spiro atoms. The van der Waals surface area contributed by atoms with Crippen LogP contribution in [0.1, 0.15) is 18.9 Å². The highest BCUT2D eigenvalue weighted by Gasteiger charge is 1.98. The minimum absolute atomic E-state index is 0.257. The molecule has 0 saturated carbocycles. The Labute approximate surface area is 106 Å². The van der Waals surface area contributed by atoms with Crippen LogP contribution in [0, 0.1) is 0 Å². The van der Waals surface area contributed by atoms with Gasteiger partial charge in [0.1, 0.15) is 12.4 Å². The monoisotopic (exact) mass is 283 g/mol. The Balaban J connectivity index is 2.44. The van der Waals surface area contributed by atoms with Crippen molar-refractivity contribution in [2.24, 2.45) is 5.73 Å². The largest absolute Gasteiger partial charge is 0.488 e. The van der Waals surface area contributed by atoms with Gasteiger partial charge < -0.3 is 10.5 Å². The maximum atomic E-state index is 5.71. The number of nitrogens with two attached hydrogens (primary N) is 1. The van der Waals surface area contributed by atoms with Gasteiger partial charge in [0.05, 0.1) is 0 Å². The molecule has 1 aromatic carbocycles. The zero-order valence-corrected chi connectivity index (χ0v) is 11.2. The Kier molecular flexibility index (Phi) is 5.56. The van der Waals surface area contributed by atoms with Crippen molar-refractivity contribution in [3.8, 4) is 5.75 Å². The molecule has 0 aromatic heterocycles. The summed E-state index contributed by atoms with van der Waals surface area (Å²) in [5, 5.41) is 0. The Hall–Kier alpha value is -0.800. The van der Waals surface area contributed by atoms with Gasteiger partial charge in [0.25, 0.3) is 0 Å². The van der Waals surface area contributed by atoms with Crippen molar-refractivity contribution in [2.45, 2.75) is 25.8 Å². The lowest BCUT2D eigenvalue weighted by Crippen LogP contribution is -2.15. The van der Waals surface area contributed by atoms with E-state index >= 15 is 0 Å². The summed E-state index contributed by atoms with van der Waals surface area (Å²) in [7, 11) is 0. The van der Waals surface area contributed by atoms with Crippen molar-refractivity contribution >= 4 is 15.9 Å². The van der Waals surface area contributed by atoms with Crippen molar-refractivity contribution in [3.63, 3.8) is 0 Å². The first-order valence-electron chi connectivity index (χ1n) is 5.38. The summed E-state index contributed by atoms with van der Waals surface area (Å²) >= 11 is 3.25. The van der Waals surface area contributed by atoms with Crippen LogP contribution in [-0.4, -0.2) is 12.6 Å². The average molecular weight is 284 g/mol. The van der Waals surface area contributed by atoms with Gasteiger partial charge in [-0.05, 0) is 37.5 Å². The maximum Gasteiger partial charge on any atom is 0.119 e. The summed E-state index contributed by atoms with van der Waals surface area (Å²) in [4.78, 5) is 0. The lowest BCUT2D eigenvalue weighted by Gasteiger charge is -2.07. The predicted octanol–water partition coefficient (Wildman–Crippen LogP) is 3.25. The second-order valence-electron chi connectivity index (χ2n) is 3.97. The summed E-state index contributed by atoms with van der Waals surface area (Å²) in [6, 6.07) is 8.37. The molecule has 1 aromatic rings. The van der Waals surface area contributed by atoms with Crippen LogP contribution in [0.3, 0.4) is 0 Å². The van der Waals surface area contributed by atoms with Crippen LogP contribution in [0.15, 0.2) is 35.3 Å². The van der Waals surface area contributed by atoms with E-state index in [1.54, 1.807) is 0 Å². The molecule has 0 amide bonds. The number of halogens is 1. The van der Waals surface area contributed by atoms with Crippen LogP contribution in [0.25, 0.3) is 0 Å². The molecule has 1 rings (SSSR count). The second-order valence-corrected chi connectivity index (χ2v) is 5.09. The molecule has 0 aliphatic carbocycles. The van der Waals surface area contributed by atoms with E-state index in [1.807, 2.05) is 19.1 Å². The van der Waals surface area contributed by atoms with Crippen molar-refractivity contribution in [1.82, 2.24) is 0 Å². The third-order valence-corrected chi connectivity index (χ3v) is 2.44. The Morgan fingerprint density at radius 2 is 2.06 bits per heavy atom. The van der Waals surface area contributed by atoms with E-state index in [4.69, 9.17) is 10.5 Å². The van der Waals surface area contributed by atoms with Crippen molar-refractivity contribution in [3.05, 3.63) is 40.9 Å². The predicted molar refractivity (Wildman–Crippen MR) is 72.0 cm³/mol. The molecule has 0 radical (unpaired) electrons. The fourth-order valence-electron chi connectivity index (χ4n) is 1.31. The Morgan fingerprint density at radius 1 is 1.44 bits per heavy atom. The minimum atomic E-state index is 0.257. The van der Waals surface area contributed by atoms with Crippen LogP contribution in [0.4, 0.5) is 0 Å². The van der Waals surface area contributed by atoms with Gasteiger partial charge in [-0.15, -0.1) is 0 Å². The SMILES string of the molecule is C=C(Br)COc1ccc(CCC(C)N)cc1. The summed E-state index contributed by atoms with van der Waals surface area (Å²) < 4.78 is 6.32. The summed E-state index contributed by atoms with van der Waals surface area (Å²) in [6.07, 6.45) is 2.03. The zero-order valence-electron chi connectivity index (χ0n) is 9.58. The molecule has 88 valence electrons. The quantitative estimate of drug-likeness (QED) is 0.870. The van der Waals surface area contributed by atoms with Crippen molar-refractivity contribution in [1.29, 1.82) is 0 Å². The van der Waals surface area contributed by atoms with Gasteiger partial charge >= 0.3 is 0 Å². The van der Waals surface area contributed by atoms with Gasteiger partial charge in [0.15, 0.2) is 0 Å². The van der Waals surface area contributed by atoms with Gasteiger partial charge in [-0.25, -0.2) is 0 Å². The van der Waals surface area contributed by atoms with Crippen molar-refractivity contribution in [2.75, 3.05) is 6.61 Å². The number of aryl methyl sites for hydroxylation is 1. The minimum Gasteiger partial charge on any atom is -0.488 e. The first kappa shape index (κ1) is 13.3. The lowest BCUT2D eigenvalue weighted by molar-refractivity contribution is 0.361. The molecule has 0 saturated heterocycles. The topological polar surface area (TPSA) is 35.2 Å². The zero-order chi connectivity index (χ0) is 12.0. The highest BCUT2D eigenvalue weighted by Crippen LogP contribution is 2.15. The van der Waals surface area contributed by atoms with Gasteiger partial charge in [0.2, 0.25) is 0 Å². The molecule has 0 aliphatic heterocycles. The molecule has 0 aliphatic rings. The van der Waals surface area contributed by atoms with Crippen LogP contribution in [0.5, 0.6) is 5.75 Å². The number of benzene rings is 1. The van der Waals surface area contributed by atoms with Crippen molar-refractivity contribution < 1.29 is 4.74 Å². The van der Waals surface area contributed by atoms with E-state index in [2.05, 4.69) is 34.6 Å². The standard InChI is InChI=1S/C13H18BrNO/c1-10(14)9-16-13-7-5-12(6-8-13)4-3-11(2)15/h5-8,11H,1,3-4,9,15H2,2H3. The second kappa shape index (κ2) is 6.71. The fraction of sp³-hybridized carbons (Fsp3) is 0.385. The fourth-order valence-corrected chi connectivity index (χ4v) is 1.42. The van der Waals surface area contributed by atoms with E-state index < -0.39 is 0 Å².